The summed E-state index contributed by atoms with van der Waals surface area (Å²) >= 11 is 0. The topological polar surface area (TPSA) is 69.0 Å². The Morgan fingerprint density at radius 1 is 1.26 bits per heavy atom. The Hall–Kier alpha value is -2.09. The van der Waals surface area contributed by atoms with Crippen LogP contribution in [0.2, 0.25) is 0 Å². The van der Waals surface area contributed by atoms with Gasteiger partial charge in [-0.1, -0.05) is 26.7 Å². The molecular formula is C23H41N7O. The average molecular weight is 432 g/mol. The van der Waals surface area contributed by atoms with Gasteiger partial charge in [0.25, 0.3) is 0 Å². The highest BCUT2D eigenvalue weighted by Gasteiger charge is 2.29. The van der Waals surface area contributed by atoms with Crippen LogP contribution in [0.5, 0.6) is 0 Å². The van der Waals surface area contributed by atoms with Crippen LogP contribution in [0.3, 0.4) is 0 Å². The van der Waals surface area contributed by atoms with E-state index in [1.165, 1.54) is 18.4 Å². The van der Waals surface area contributed by atoms with Crippen molar-refractivity contribution in [3.8, 4) is 0 Å². The Labute approximate surface area is 187 Å². The van der Waals surface area contributed by atoms with Gasteiger partial charge in [-0.3, -0.25) is 19.4 Å². The fourth-order valence-electron chi connectivity index (χ4n) is 4.83. The van der Waals surface area contributed by atoms with Crippen LogP contribution in [0.15, 0.2) is 11.2 Å². The van der Waals surface area contributed by atoms with E-state index in [1.807, 2.05) is 18.8 Å². The Morgan fingerprint density at radius 3 is 2.55 bits per heavy atom. The molecule has 1 aliphatic heterocycles. The lowest BCUT2D eigenvalue weighted by Gasteiger charge is -2.36. The molecule has 1 N–H and O–H groups in total. The van der Waals surface area contributed by atoms with Gasteiger partial charge in [0.15, 0.2) is 5.96 Å². The number of aromatic nitrogens is 2. The van der Waals surface area contributed by atoms with Crippen LogP contribution < -0.4 is 5.32 Å². The number of aryl methyl sites for hydroxylation is 1. The van der Waals surface area contributed by atoms with Crippen molar-refractivity contribution >= 4 is 11.9 Å². The molecule has 1 aromatic heterocycles. The highest BCUT2D eigenvalue weighted by atomic mass is 16.2. The third-order valence-electron chi connectivity index (χ3n) is 6.56. The summed E-state index contributed by atoms with van der Waals surface area (Å²) in [4.78, 5) is 23.8. The summed E-state index contributed by atoms with van der Waals surface area (Å²) in [6.45, 7) is 10.6. The van der Waals surface area contributed by atoms with Crippen molar-refractivity contribution < 1.29 is 4.79 Å². The summed E-state index contributed by atoms with van der Waals surface area (Å²) < 4.78 is 1.89. The molecule has 2 heterocycles. The van der Waals surface area contributed by atoms with Gasteiger partial charge in [0.2, 0.25) is 5.91 Å². The molecule has 2 fully saturated rings. The molecule has 1 aliphatic carbocycles. The predicted molar refractivity (Wildman–Crippen MR) is 125 cm³/mol. The second-order valence-corrected chi connectivity index (χ2v) is 9.35. The number of carbonyl (C=O) groups is 1. The Morgan fingerprint density at radius 2 is 1.94 bits per heavy atom. The van der Waals surface area contributed by atoms with Gasteiger partial charge < -0.3 is 15.1 Å². The van der Waals surface area contributed by atoms with E-state index in [1.54, 1.807) is 0 Å². The van der Waals surface area contributed by atoms with Crippen molar-refractivity contribution in [1.82, 2.24) is 29.8 Å². The number of rotatable bonds is 7. The molecule has 0 bridgehead atoms. The molecule has 0 unspecified atom stereocenters. The minimum absolute atomic E-state index is 0.295. The van der Waals surface area contributed by atoms with Gasteiger partial charge in [0.1, 0.15) is 0 Å². The number of amides is 1. The van der Waals surface area contributed by atoms with Crippen molar-refractivity contribution in [3.63, 3.8) is 0 Å². The van der Waals surface area contributed by atoms with Crippen molar-refractivity contribution in [2.45, 2.75) is 52.0 Å². The maximum Gasteiger partial charge on any atom is 0.225 e. The number of hydrogen-bond acceptors (Lipinski definition) is 4. The molecular weight excluding hydrogens is 390 g/mol. The number of carbonyl (C=O) groups excluding carboxylic acids is 1. The van der Waals surface area contributed by atoms with Gasteiger partial charge >= 0.3 is 0 Å². The van der Waals surface area contributed by atoms with Crippen LogP contribution in [0.1, 0.15) is 56.7 Å². The van der Waals surface area contributed by atoms with Crippen molar-refractivity contribution in [2.24, 2.45) is 18.0 Å². The number of hydrogen-bond donors (Lipinski definition) is 1. The number of aliphatic imine (C=N–C) groups is 1. The van der Waals surface area contributed by atoms with Gasteiger partial charge in [0, 0.05) is 84.6 Å². The molecule has 0 spiro atoms. The summed E-state index contributed by atoms with van der Waals surface area (Å²) in [6.07, 6.45) is 6.72. The van der Waals surface area contributed by atoms with E-state index in [9.17, 15) is 4.79 Å². The third-order valence-corrected chi connectivity index (χ3v) is 6.56. The summed E-state index contributed by atoms with van der Waals surface area (Å²) in [7, 11) is 5.88. The Balaban J connectivity index is 1.41. The molecule has 1 aromatic rings. The summed E-state index contributed by atoms with van der Waals surface area (Å²) in [6, 6.07) is 0. The van der Waals surface area contributed by atoms with Gasteiger partial charge in [-0.15, -0.1) is 0 Å². The molecule has 3 rings (SSSR count). The van der Waals surface area contributed by atoms with Crippen LogP contribution in [0.25, 0.3) is 0 Å². The minimum Gasteiger partial charge on any atom is -0.355 e. The highest BCUT2D eigenvalue weighted by molar-refractivity contribution is 5.80. The van der Waals surface area contributed by atoms with Crippen LogP contribution in [0.4, 0.5) is 0 Å². The molecule has 2 aliphatic rings. The fourth-order valence-corrected chi connectivity index (χ4v) is 4.83. The molecule has 8 nitrogen and oxygen atoms in total. The zero-order chi connectivity index (χ0) is 22.4. The van der Waals surface area contributed by atoms with E-state index in [4.69, 9.17) is 0 Å². The van der Waals surface area contributed by atoms with E-state index in [0.29, 0.717) is 17.7 Å². The number of nitrogens with one attached hydrogen (secondary N) is 1. The maximum absolute atomic E-state index is 12.6. The lowest BCUT2D eigenvalue weighted by Crippen LogP contribution is -2.51. The van der Waals surface area contributed by atoms with E-state index < -0.39 is 0 Å². The summed E-state index contributed by atoms with van der Waals surface area (Å²) in [5, 5.41) is 8.11. The number of guanidine groups is 1. The first-order chi connectivity index (χ1) is 14.9. The smallest absolute Gasteiger partial charge is 0.225 e. The maximum atomic E-state index is 12.6. The predicted octanol–water partition coefficient (Wildman–Crippen LogP) is 1.89. The van der Waals surface area contributed by atoms with Gasteiger partial charge in [-0.2, -0.15) is 5.10 Å². The molecule has 31 heavy (non-hydrogen) atoms. The monoisotopic (exact) mass is 431 g/mol. The van der Waals surface area contributed by atoms with Crippen molar-refractivity contribution in [3.05, 3.63) is 17.5 Å². The molecule has 1 saturated carbocycles. The van der Waals surface area contributed by atoms with Crippen LogP contribution in [0, 0.1) is 5.92 Å². The minimum atomic E-state index is 0.295. The molecule has 0 aromatic carbocycles. The number of piperazine rings is 1. The first-order valence-electron chi connectivity index (χ1n) is 11.8. The molecule has 1 amide bonds. The molecule has 174 valence electrons. The standard InChI is InChI=1S/C23H41N7O/c1-18(2)21-20(17-28(5)26-21)16-27(4)23(24-3)25-10-11-29-12-14-30(15-13-29)22(31)19-8-6-7-9-19/h17-19H,6-16H2,1-5H3,(H,24,25). The second kappa shape index (κ2) is 11.0. The fraction of sp³-hybridized carbons (Fsp3) is 0.783. The number of nitrogens with zero attached hydrogens (tertiary/aromatic N) is 6. The van der Waals surface area contributed by atoms with Crippen LogP contribution in [-0.2, 0) is 18.4 Å². The Kier molecular flexibility index (Phi) is 8.35. The normalized spacial score (nSPS) is 18.8. The molecule has 1 saturated heterocycles. The summed E-state index contributed by atoms with van der Waals surface area (Å²) in [5.74, 6) is 1.99. The second-order valence-electron chi connectivity index (χ2n) is 9.35. The third kappa shape index (κ3) is 6.21. The first-order valence-corrected chi connectivity index (χ1v) is 11.8. The highest BCUT2D eigenvalue weighted by Crippen LogP contribution is 2.26. The van der Waals surface area contributed by atoms with Crippen LogP contribution >= 0.6 is 0 Å². The van der Waals surface area contributed by atoms with Crippen molar-refractivity contribution in [1.29, 1.82) is 0 Å². The van der Waals surface area contributed by atoms with Gasteiger partial charge in [-0.25, -0.2) is 0 Å². The van der Waals surface area contributed by atoms with Crippen molar-refractivity contribution in [2.75, 3.05) is 53.4 Å². The van der Waals surface area contributed by atoms with E-state index in [2.05, 4.69) is 57.2 Å². The zero-order valence-electron chi connectivity index (χ0n) is 20.1. The largest absolute Gasteiger partial charge is 0.355 e. The zero-order valence-corrected chi connectivity index (χ0v) is 20.1. The van der Waals surface area contributed by atoms with E-state index in [-0.39, 0.29) is 0 Å². The quantitative estimate of drug-likeness (QED) is 0.527. The van der Waals surface area contributed by atoms with Gasteiger partial charge in [-0.05, 0) is 18.8 Å². The molecule has 8 heteroatoms. The Bertz CT molecular complexity index is 743. The SMILES string of the molecule is CN=C(NCCN1CCN(C(=O)C2CCCC2)CC1)N(C)Cc1cn(C)nc1C(C)C. The average Bonchev–Trinajstić information content (AvgIpc) is 3.41. The van der Waals surface area contributed by atoms with E-state index in [0.717, 1.165) is 70.3 Å². The van der Waals surface area contributed by atoms with Crippen LogP contribution in [-0.4, -0.2) is 89.7 Å². The molecule has 0 atom stereocenters. The summed E-state index contributed by atoms with van der Waals surface area (Å²) in [5.41, 5.74) is 2.39. The van der Waals surface area contributed by atoms with Gasteiger partial charge in [0.05, 0.1) is 5.69 Å². The van der Waals surface area contributed by atoms with E-state index >= 15 is 0 Å². The lowest BCUT2D eigenvalue weighted by atomic mass is 10.1. The first kappa shape index (κ1) is 23.6. The lowest BCUT2D eigenvalue weighted by molar-refractivity contribution is -0.137. The molecule has 0 radical (unpaired) electrons.